The Bertz CT molecular complexity index is 1000. The molecule has 2 aromatic rings. The lowest BCUT2D eigenvalue weighted by Crippen LogP contribution is -2.16. The average molecular weight is 410 g/mol. The van der Waals surface area contributed by atoms with E-state index in [1.807, 2.05) is 0 Å². The van der Waals surface area contributed by atoms with E-state index in [0.717, 1.165) is 23.9 Å². The number of aryl methyl sites for hydroxylation is 1. The SMILES string of the molecule is Cc1cc(O)c(C(=O)O)cc1S(=O)(=O)Nc1cccc(SC(=O)N(C)C)c1. The molecule has 2 aromatic carbocycles. The lowest BCUT2D eigenvalue weighted by atomic mass is 10.1. The second kappa shape index (κ2) is 7.89. The maximum atomic E-state index is 12.7. The van der Waals surface area contributed by atoms with E-state index in [-0.39, 0.29) is 21.4 Å². The van der Waals surface area contributed by atoms with Crippen molar-refractivity contribution in [2.24, 2.45) is 0 Å². The average Bonchev–Trinajstić information content (AvgIpc) is 2.53. The number of nitrogens with zero attached hydrogens (tertiary/aromatic N) is 1. The van der Waals surface area contributed by atoms with Crippen LogP contribution in [0.15, 0.2) is 46.2 Å². The highest BCUT2D eigenvalue weighted by molar-refractivity contribution is 8.13. The van der Waals surface area contributed by atoms with Crippen LogP contribution in [0.25, 0.3) is 0 Å². The fourth-order valence-electron chi connectivity index (χ4n) is 2.16. The first-order chi connectivity index (χ1) is 12.5. The van der Waals surface area contributed by atoms with Gasteiger partial charge < -0.3 is 15.1 Å². The van der Waals surface area contributed by atoms with Crippen LogP contribution in [0.5, 0.6) is 5.75 Å². The molecule has 0 aliphatic heterocycles. The number of carboxylic acids is 1. The minimum atomic E-state index is -4.11. The van der Waals surface area contributed by atoms with Crippen LogP contribution >= 0.6 is 11.8 Å². The minimum Gasteiger partial charge on any atom is -0.507 e. The van der Waals surface area contributed by atoms with Crippen LogP contribution < -0.4 is 4.72 Å². The molecule has 0 bridgehead atoms. The van der Waals surface area contributed by atoms with Crippen LogP contribution in [-0.4, -0.2) is 48.8 Å². The van der Waals surface area contributed by atoms with Crippen molar-refractivity contribution in [3.05, 3.63) is 47.5 Å². The van der Waals surface area contributed by atoms with E-state index < -0.39 is 27.3 Å². The lowest BCUT2D eigenvalue weighted by Gasteiger charge is -2.13. The highest BCUT2D eigenvalue weighted by atomic mass is 32.2. The van der Waals surface area contributed by atoms with Crippen LogP contribution in [0.2, 0.25) is 0 Å². The van der Waals surface area contributed by atoms with Crippen molar-refractivity contribution in [2.75, 3.05) is 18.8 Å². The summed E-state index contributed by atoms with van der Waals surface area (Å²) in [6, 6.07) is 8.25. The van der Waals surface area contributed by atoms with Gasteiger partial charge in [-0.05, 0) is 54.6 Å². The van der Waals surface area contributed by atoms with Crippen LogP contribution in [0.1, 0.15) is 15.9 Å². The van der Waals surface area contributed by atoms with E-state index in [1.165, 1.54) is 24.0 Å². The largest absolute Gasteiger partial charge is 0.507 e. The second-order valence-corrected chi connectivity index (χ2v) is 8.51. The zero-order valence-electron chi connectivity index (χ0n) is 14.8. The van der Waals surface area contributed by atoms with Gasteiger partial charge in [0.1, 0.15) is 11.3 Å². The topological polar surface area (TPSA) is 124 Å². The van der Waals surface area contributed by atoms with Crippen molar-refractivity contribution in [1.29, 1.82) is 0 Å². The molecule has 8 nitrogen and oxygen atoms in total. The van der Waals surface area contributed by atoms with Crippen molar-refractivity contribution < 1.29 is 28.2 Å². The Morgan fingerprint density at radius 1 is 1.15 bits per heavy atom. The van der Waals surface area contributed by atoms with Crippen molar-refractivity contribution in [2.45, 2.75) is 16.7 Å². The summed E-state index contributed by atoms with van der Waals surface area (Å²) >= 11 is 0.941. The molecule has 0 spiro atoms. The molecule has 0 aromatic heterocycles. The molecule has 0 unspecified atom stereocenters. The van der Waals surface area contributed by atoms with Gasteiger partial charge >= 0.3 is 5.97 Å². The van der Waals surface area contributed by atoms with E-state index in [4.69, 9.17) is 5.11 Å². The minimum absolute atomic E-state index is 0.193. The first kappa shape index (κ1) is 20.6. The number of sulfonamides is 1. The predicted octanol–water partition coefficient (Wildman–Crippen LogP) is 2.97. The maximum Gasteiger partial charge on any atom is 0.339 e. The Hall–Kier alpha value is -2.72. The van der Waals surface area contributed by atoms with Crippen LogP contribution in [0.4, 0.5) is 10.5 Å². The van der Waals surface area contributed by atoms with Crippen LogP contribution in [0.3, 0.4) is 0 Å². The highest BCUT2D eigenvalue weighted by Crippen LogP contribution is 2.28. The number of aromatic hydroxyl groups is 1. The number of carbonyl (C=O) groups is 2. The number of benzene rings is 2. The number of carbonyl (C=O) groups excluding carboxylic acids is 1. The molecule has 0 heterocycles. The summed E-state index contributed by atoms with van der Waals surface area (Å²) in [5.74, 6) is -1.95. The Morgan fingerprint density at radius 3 is 2.41 bits per heavy atom. The highest BCUT2D eigenvalue weighted by Gasteiger charge is 2.22. The quantitative estimate of drug-likeness (QED) is 0.647. The Labute approximate surface area is 160 Å². The standard InChI is InChI=1S/C17H18N2O6S2/c1-10-7-14(20)13(16(21)22)9-15(10)27(24,25)18-11-5-4-6-12(8-11)26-17(23)19(2)3/h4-9,18,20H,1-3H3,(H,21,22). The summed E-state index contributed by atoms with van der Waals surface area (Å²) in [5, 5.41) is 18.5. The third-order valence-corrected chi connectivity index (χ3v) is 6.02. The number of hydrogen-bond acceptors (Lipinski definition) is 6. The zero-order chi connectivity index (χ0) is 20.4. The van der Waals surface area contributed by atoms with E-state index in [2.05, 4.69) is 4.72 Å². The summed E-state index contributed by atoms with van der Waals surface area (Å²) in [6.45, 7) is 1.45. The lowest BCUT2D eigenvalue weighted by molar-refractivity contribution is 0.0693. The third kappa shape index (κ3) is 4.92. The molecular weight excluding hydrogens is 392 g/mol. The van der Waals surface area contributed by atoms with Gasteiger partial charge in [-0.2, -0.15) is 0 Å². The number of hydrogen-bond donors (Lipinski definition) is 3. The number of rotatable bonds is 5. The van der Waals surface area contributed by atoms with E-state index in [0.29, 0.717) is 4.90 Å². The van der Waals surface area contributed by atoms with Crippen LogP contribution in [0, 0.1) is 6.92 Å². The molecule has 0 saturated carbocycles. The molecule has 0 aliphatic carbocycles. The maximum absolute atomic E-state index is 12.7. The molecule has 27 heavy (non-hydrogen) atoms. The summed E-state index contributed by atoms with van der Waals surface area (Å²) in [7, 11) is -0.894. The molecule has 0 fully saturated rings. The summed E-state index contributed by atoms with van der Waals surface area (Å²) in [6.07, 6.45) is 0. The summed E-state index contributed by atoms with van der Waals surface area (Å²) in [5.41, 5.74) is -0.101. The third-order valence-electron chi connectivity index (χ3n) is 3.47. The molecule has 0 radical (unpaired) electrons. The number of nitrogens with one attached hydrogen (secondary N) is 1. The van der Waals surface area contributed by atoms with Gasteiger partial charge in [-0.3, -0.25) is 9.52 Å². The summed E-state index contributed by atoms with van der Waals surface area (Å²) in [4.78, 5) is 24.6. The zero-order valence-corrected chi connectivity index (χ0v) is 16.4. The number of carboxylic acid groups (broad SMARTS) is 1. The van der Waals surface area contributed by atoms with Crippen molar-refractivity contribution in [1.82, 2.24) is 4.90 Å². The molecule has 0 atom stereocenters. The monoisotopic (exact) mass is 410 g/mol. The fourth-order valence-corrected chi connectivity index (χ4v) is 4.18. The van der Waals surface area contributed by atoms with Crippen molar-refractivity contribution >= 4 is 38.7 Å². The Morgan fingerprint density at radius 2 is 1.81 bits per heavy atom. The molecule has 144 valence electrons. The molecule has 0 saturated heterocycles. The number of aromatic carboxylic acids is 1. The number of phenols is 1. The number of thioether (sulfide) groups is 1. The van der Waals surface area contributed by atoms with Gasteiger partial charge in [0.05, 0.1) is 4.90 Å². The summed E-state index contributed by atoms with van der Waals surface area (Å²) < 4.78 is 27.7. The smallest absolute Gasteiger partial charge is 0.339 e. The normalized spacial score (nSPS) is 11.1. The molecular formula is C17H18N2O6S2. The Kier molecular flexibility index (Phi) is 6.01. The fraction of sp³-hybridized carbons (Fsp3) is 0.176. The van der Waals surface area contributed by atoms with Gasteiger partial charge in [0, 0.05) is 24.7 Å². The van der Waals surface area contributed by atoms with E-state index >= 15 is 0 Å². The number of amides is 1. The molecule has 1 amide bonds. The van der Waals surface area contributed by atoms with Gasteiger partial charge in [0.2, 0.25) is 0 Å². The van der Waals surface area contributed by atoms with Gasteiger partial charge in [0.25, 0.3) is 15.3 Å². The van der Waals surface area contributed by atoms with E-state index in [9.17, 15) is 23.1 Å². The number of anilines is 1. The van der Waals surface area contributed by atoms with Gasteiger partial charge in [-0.25, -0.2) is 13.2 Å². The van der Waals surface area contributed by atoms with Gasteiger partial charge in [0.15, 0.2) is 0 Å². The second-order valence-electron chi connectivity index (χ2n) is 5.84. The molecule has 10 heteroatoms. The van der Waals surface area contributed by atoms with Crippen LogP contribution in [-0.2, 0) is 10.0 Å². The molecule has 0 aliphatic rings. The molecule has 2 rings (SSSR count). The van der Waals surface area contributed by atoms with Crippen molar-refractivity contribution in [3.63, 3.8) is 0 Å². The first-order valence-electron chi connectivity index (χ1n) is 7.60. The van der Waals surface area contributed by atoms with E-state index in [1.54, 1.807) is 26.2 Å². The first-order valence-corrected chi connectivity index (χ1v) is 9.90. The molecule has 3 N–H and O–H groups in total. The predicted molar refractivity (Wildman–Crippen MR) is 102 cm³/mol. The van der Waals surface area contributed by atoms with Gasteiger partial charge in [-0.1, -0.05) is 6.07 Å². The van der Waals surface area contributed by atoms with Gasteiger partial charge in [-0.15, -0.1) is 0 Å². The Balaban J connectivity index is 2.36. The van der Waals surface area contributed by atoms with Crippen molar-refractivity contribution in [3.8, 4) is 5.75 Å².